The lowest BCUT2D eigenvalue weighted by molar-refractivity contribution is -0.387. The minimum Gasteiger partial charge on any atom is -0.324 e. The minimum atomic E-state index is -1.03. The highest BCUT2D eigenvalue weighted by atomic mass is 19.1. The van der Waals surface area contributed by atoms with Crippen LogP contribution in [0.2, 0.25) is 0 Å². The van der Waals surface area contributed by atoms with Crippen molar-refractivity contribution in [2.45, 2.75) is 45.6 Å². The number of carbonyl (C=O) groups excluding carboxylic acids is 3. The third kappa shape index (κ3) is 4.06. The summed E-state index contributed by atoms with van der Waals surface area (Å²) in [5.41, 5.74) is -1.94. The summed E-state index contributed by atoms with van der Waals surface area (Å²) < 4.78 is 13.4. The number of halogens is 1. The Hall–Kier alpha value is -3.04. The molecule has 0 radical (unpaired) electrons. The Balaban J connectivity index is 1.73. The van der Waals surface area contributed by atoms with Gasteiger partial charge in [-0.1, -0.05) is 20.8 Å². The molecule has 4 amide bonds. The van der Waals surface area contributed by atoms with Crippen LogP contribution in [0.1, 0.15) is 40.0 Å². The van der Waals surface area contributed by atoms with Gasteiger partial charge in [-0.2, -0.15) is 4.39 Å². The van der Waals surface area contributed by atoms with Gasteiger partial charge >= 0.3 is 11.7 Å². The summed E-state index contributed by atoms with van der Waals surface area (Å²) in [5.74, 6) is -1.95. The highest BCUT2D eigenvalue weighted by Crippen LogP contribution is 2.46. The zero-order valence-corrected chi connectivity index (χ0v) is 16.5. The predicted octanol–water partition coefficient (Wildman–Crippen LogP) is 2.81. The van der Waals surface area contributed by atoms with Gasteiger partial charge in [0.25, 0.3) is 5.91 Å². The van der Waals surface area contributed by atoms with Crippen molar-refractivity contribution in [2.24, 2.45) is 11.3 Å². The monoisotopic (exact) mass is 406 g/mol. The van der Waals surface area contributed by atoms with Crippen LogP contribution in [-0.4, -0.2) is 39.8 Å². The predicted molar refractivity (Wildman–Crippen MR) is 101 cm³/mol. The number of hydrogen-bond donors (Lipinski definition) is 2. The fraction of sp³-hybridized carbons (Fsp3) is 0.526. The van der Waals surface area contributed by atoms with Gasteiger partial charge in [0.2, 0.25) is 11.7 Å². The zero-order chi connectivity index (χ0) is 21.6. The smallest absolute Gasteiger partial charge is 0.324 e. The van der Waals surface area contributed by atoms with E-state index < -0.39 is 46.4 Å². The Morgan fingerprint density at radius 3 is 2.69 bits per heavy atom. The van der Waals surface area contributed by atoms with E-state index in [-0.39, 0.29) is 17.0 Å². The molecule has 2 unspecified atom stereocenters. The van der Waals surface area contributed by atoms with Crippen molar-refractivity contribution in [3.05, 3.63) is 34.1 Å². The highest BCUT2D eigenvalue weighted by Gasteiger charge is 2.56. The largest absolute Gasteiger partial charge is 0.325 e. The van der Waals surface area contributed by atoms with Gasteiger partial charge in [-0.05, 0) is 42.7 Å². The molecule has 2 atom stereocenters. The number of benzene rings is 1. The molecule has 3 rings (SSSR count). The maximum Gasteiger partial charge on any atom is 0.325 e. The molecule has 1 aromatic rings. The molecule has 10 heteroatoms. The summed E-state index contributed by atoms with van der Waals surface area (Å²) in [5, 5.41) is 16.0. The van der Waals surface area contributed by atoms with Crippen molar-refractivity contribution in [2.75, 3.05) is 11.9 Å². The normalized spacial score (nSPS) is 25.8. The van der Waals surface area contributed by atoms with Crippen LogP contribution in [0.5, 0.6) is 0 Å². The first-order valence-electron chi connectivity index (χ1n) is 9.30. The molecule has 2 N–H and O–H groups in total. The molecule has 29 heavy (non-hydrogen) atoms. The summed E-state index contributed by atoms with van der Waals surface area (Å²) in [7, 11) is 0. The van der Waals surface area contributed by atoms with E-state index in [0.29, 0.717) is 12.8 Å². The fourth-order valence-electron chi connectivity index (χ4n) is 4.72. The quantitative estimate of drug-likeness (QED) is 0.452. The Kier molecular flexibility index (Phi) is 5.06. The van der Waals surface area contributed by atoms with Crippen molar-refractivity contribution < 1.29 is 23.7 Å². The first kappa shape index (κ1) is 20.7. The molecular formula is C19H23FN4O5. The lowest BCUT2D eigenvalue weighted by Gasteiger charge is -2.43. The van der Waals surface area contributed by atoms with E-state index in [1.807, 2.05) is 20.8 Å². The zero-order valence-electron chi connectivity index (χ0n) is 16.5. The summed E-state index contributed by atoms with van der Waals surface area (Å²) in [6, 6.07) is 2.27. The van der Waals surface area contributed by atoms with Gasteiger partial charge < -0.3 is 10.6 Å². The molecule has 1 saturated heterocycles. The van der Waals surface area contributed by atoms with E-state index in [9.17, 15) is 28.9 Å². The molecule has 1 spiro atoms. The molecule has 1 aromatic carbocycles. The van der Waals surface area contributed by atoms with Crippen molar-refractivity contribution >= 4 is 29.2 Å². The summed E-state index contributed by atoms with van der Waals surface area (Å²) >= 11 is 0. The van der Waals surface area contributed by atoms with E-state index in [1.165, 1.54) is 6.07 Å². The molecule has 1 heterocycles. The number of rotatable bonds is 4. The average Bonchev–Trinajstić information content (AvgIpc) is 2.78. The van der Waals surface area contributed by atoms with Crippen LogP contribution < -0.4 is 10.6 Å². The lowest BCUT2D eigenvalue weighted by atomic mass is 9.64. The highest BCUT2D eigenvalue weighted by molar-refractivity contribution is 6.10. The molecule has 0 bridgehead atoms. The maximum absolute atomic E-state index is 13.4. The number of hydrogen-bond acceptors (Lipinski definition) is 5. The van der Waals surface area contributed by atoms with Crippen LogP contribution in [-0.2, 0) is 9.59 Å². The number of carbonyl (C=O) groups is 3. The molecule has 2 aliphatic rings. The van der Waals surface area contributed by atoms with Gasteiger partial charge in [-0.25, -0.2) is 4.79 Å². The molecule has 1 aliphatic carbocycles. The lowest BCUT2D eigenvalue weighted by Crippen LogP contribution is -2.54. The standard InChI is InChI=1S/C19H23FN4O5/c1-11-7-18(2,3)10-19(8-11)16(26)23(17(27)22-19)9-15(25)21-12-4-5-13(20)14(6-12)24(28)29/h4-6,11H,7-10H2,1-3H3,(H,21,25)(H,22,27). The second-order valence-electron chi connectivity index (χ2n) is 8.73. The number of urea groups is 1. The van der Waals surface area contributed by atoms with E-state index >= 15 is 0 Å². The molecule has 1 saturated carbocycles. The van der Waals surface area contributed by atoms with Crippen LogP contribution in [0.15, 0.2) is 18.2 Å². The van der Waals surface area contributed by atoms with Crippen molar-refractivity contribution in [3.63, 3.8) is 0 Å². The Morgan fingerprint density at radius 2 is 2.07 bits per heavy atom. The maximum atomic E-state index is 13.4. The van der Waals surface area contributed by atoms with Crippen LogP contribution in [0.4, 0.5) is 20.6 Å². The fourth-order valence-corrected chi connectivity index (χ4v) is 4.72. The summed E-state index contributed by atoms with van der Waals surface area (Å²) in [6.07, 6.45) is 1.92. The summed E-state index contributed by atoms with van der Waals surface area (Å²) in [6.45, 7) is 5.58. The van der Waals surface area contributed by atoms with E-state index in [1.54, 1.807) is 0 Å². The third-order valence-electron chi connectivity index (χ3n) is 5.35. The average molecular weight is 406 g/mol. The van der Waals surface area contributed by atoms with Crippen molar-refractivity contribution in [3.8, 4) is 0 Å². The Bertz CT molecular complexity index is 903. The summed E-state index contributed by atoms with van der Waals surface area (Å²) in [4.78, 5) is 48.6. The molecule has 9 nitrogen and oxygen atoms in total. The van der Waals surface area contributed by atoms with Crippen molar-refractivity contribution in [1.82, 2.24) is 10.2 Å². The Morgan fingerprint density at radius 1 is 1.38 bits per heavy atom. The van der Waals surface area contributed by atoms with Gasteiger partial charge in [-0.3, -0.25) is 24.6 Å². The molecular weight excluding hydrogens is 383 g/mol. The van der Waals surface area contributed by atoms with Gasteiger partial charge in [0.05, 0.1) is 4.92 Å². The molecule has 2 fully saturated rings. The van der Waals surface area contributed by atoms with Gasteiger partial charge in [0, 0.05) is 11.8 Å². The molecule has 156 valence electrons. The first-order chi connectivity index (χ1) is 13.4. The molecule has 1 aliphatic heterocycles. The minimum absolute atomic E-state index is 0.00251. The van der Waals surface area contributed by atoms with Crippen LogP contribution >= 0.6 is 0 Å². The number of nitro benzene ring substituents is 1. The van der Waals surface area contributed by atoms with Gasteiger partial charge in [-0.15, -0.1) is 0 Å². The van der Waals surface area contributed by atoms with Crippen LogP contribution in [0.3, 0.4) is 0 Å². The topological polar surface area (TPSA) is 122 Å². The first-order valence-corrected chi connectivity index (χ1v) is 9.30. The van der Waals surface area contributed by atoms with Crippen molar-refractivity contribution in [1.29, 1.82) is 0 Å². The second kappa shape index (κ2) is 7.09. The second-order valence-corrected chi connectivity index (χ2v) is 8.73. The van der Waals surface area contributed by atoms with Gasteiger partial charge in [0.1, 0.15) is 12.1 Å². The number of amides is 4. The van der Waals surface area contributed by atoms with Crippen LogP contribution in [0.25, 0.3) is 0 Å². The number of anilines is 1. The number of nitrogens with zero attached hydrogens (tertiary/aromatic N) is 2. The van der Waals surface area contributed by atoms with Gasteiger partial charge in [0.15, 0.2) is 0 Å². The Labute approximate surface area is 166 Å². The third-order valence-corrected chi connectivity index (χ3v) is 5.35. The van der Waals surface area contributed by atoms with E-state index in [4.69, 9.17) is 0 Å². The number of nitrogens with one attached hydrogen (secondary N) is 2. The SMILES string of the molecule is CC1CC(C)(C)CC2(C1)NC(=O)N(CC(=O)Nc1ccc(F)c([N+](=O)[O-])c1)C2=O. The molecule has 0 aromatic heterocycles. The van der Waals surface area contributed by atoms with E-state index in [2.05, 4.69) is 10.6 Å². The van der Waals surface area contributed by atoms with Crippen LogP contribution in [0, 0.1) is 27.3 Å². The number of nitro groups is 1. The van der Waals surface area contributed by atoms with E-state index in [0.717, 1.165) is 23.5 Å². The number of imide groups is 1.